The van der Waals surface area contributed by atoms with Gasteiger partial charge in [-0.1, -0.05) is 52.0 Å². The molecule has 0 heterocycles. The van der Waals surface area contributed by atoms with Gasteiger partial charge < -0.3 is 5.11 Å². The van der Waals surface area contributed by atoms with Gasteiger partial charge in [0.05, 0.1) is 5.60 Å². The van der Waals surface area contributed by atoms with Gasteiger partial charge in [-0.2, -0.15) is 0 Å². The lowest BCUT2D eigenvalue weighted by molar-refractivity contribution is 0.0283. The van der Waals surface area contributed by atoms with Crippen molar-refractivity contribution in [2.45, 2.75) is 58.5 Å². The van der Waals surface area contributed by atoms with E-state index in [0.717, 1.165) is 24.8 Å². The number of benzene rings is 1. The summed E-state index contributed by atoms with van der Waals surface area (Å²) in [5, 5.41) is 10.4. The molecule has 0 radical (unpaired) electrons. The minimum Gasteiger partial charge on any atom is -0.385 e. The molecule has 0 spiro atoms. The van der Waals surface area contributed by atoms with Gasteiger partial charge in [0.15, 0.2) is 0 Å². The second-order valence-electron chi connectivity index (χ2n) is 4.67. The third-order valence-corrected chi connectivity index (χ3v) is 3.80. The van der Waals surface area contributed by atoms with Crippen LogP contribution in [-0.4, -0.2) is 5.11 Å². The van der Waals surface area contributed by atoms with Crippen LogP contribution in [0.3, 0.4) is 0 Å². The van der Waals surface area contributed by atoms with E-state index in [9.17, 15) is 5.11 Å². The molecule has 0 aromatic heterocycles. The molecule has 0 bridgehead atoms. The molecular weight excluding hydrogens is 196 g/mol. The van der Waals surface area contributed by atoms with E-state index in [2.05, 4.69) is 38.1 Å². The van der Waals surface area contributed by atoms with Crippen LogP contribution in [0, 0.1) is 0 Å². The highest BCUT2D eigenvalue weighted by molar-refractivity contribution is 5.28. The Morgan fingerprint density at radius 2 is 1.56 bits per heavy atom. The predicted molar refractivity (Wildman–Crippen MR) is 69.6 cm³/mol. The van der Waals surface area contributed by atoms with E-state index in [0.29, 0.717) is 5.92 Å². The summed E-state index contributed by atoms with van der Waals surface area (Å²) in [6.07, 6.45) is 2.70. The maximum absolute atomic E-state index is 10.4. The van der Waals surface area contributed by atoms with Gasteiger partial charge in [0.2, 0.25) is 0 Å². The fraction of sp³-hybridized carbons (Fsp3) is 0.600. The van der Waals surface area contributed by atoms with Crippen LogP contribution in [0.2, 0.25) is 0 Å². The normalized spacial score (nSPS) is 13.8. The molecule has 1 aromatic carbocycles. The van der Waals surface area contributed by atoms with Crippen molar-refractivity contribution in [1.82, 2.24) is 0 Å². The van der Waals surface area contributed by atoms with E-state index >= 15 is 0 Å². The molecule has 1 aromatic rings. The molecule has 1 heteroatoms. The molecule has 0 saturated carbocycles. The molecule has 1 atom stereocenters. The summed E-state index contributed by atoms with van der Waals surface area (Å²) in [7, 11) is 0. The van der Waals surface area contributed by atoms with Crippen LogP contribution in [0.15, 0.2) is 24.3 Å². The van der Waals surface area contributed by atoms with Crippen molar-refractivity contribution >= 4 is 0 Å². The van der Waals surface area contributed by atoms with Gasteiger partial charge in [0.1, 0.15) is 0 Å². The summed E-state index contributed by atoms with van der Waals surface area (Å²) in [6.45, 7) is 8.51. The second-order valence-corrected chi connectivity index (χ2v) is 4.67. The number of aliphatic hydroxyl groups is 1. The van der Waals surface area contributed by atoms with Crippen LogP contribution < -0.4 is 0 Å². The van der Waals surface area contributed by atoms with Crippen molar-refractivity contribution in [3.63, 3.8) is 0 Å². The van der Waals surface area contributed by atoms with E-state index in [4.69, 9.17) is 0 Å². The Labute approximate surface area is 99.5 Å². The third-order valence-electron chi connectivity index (χ3n) is 3.80. The zero-order valence-electron chi connectivity index (χ0n) is 11.0. The smallest absolute Gasteiger partial charge is 0.0891 e. The Morgan fingerprint density at radius 1 is 1.06 bits per heavy atom. The summed E-state index contributed by atoms with van der Waals surface area (Å²) in [6, 6.07) is 8.46. The lowest BCUT2D eigenvalue weighted by atomic mass is 9.87. The van der Waals surface area contributed by atoms with E-state index in [1.807, 2.05) is 13.8 Å². The van der Waals surface area contributed by atoms with Crippen LogP contribution in [-0.2, 0) is 5.60 Å². The number of hydrogen-bond donors (Lipinski definition) is 1. The van der Waals surface area contributed by atoms with Crippen molar-refractivity contribution in [3.05, 3.63) is 35.4 Å². The first-order chi connectivity index (χ1) is 7.57. The Balaban J connectivity index is 2.94. The van der Waals surface area contributed by atoms with Crippen LogP contribution >= 0.6 is 0 Å². The van der Waals surface area contributed by atoms with Crippen molar-refractivity contribution in [3.8, 4) is 0 Å². The third kappa shape index (κ3) is 2.65. The topological polar surface area (TPSA) is 20.2 Å². The lowest BCUT2D eigenvalue weighted by Gasteiger charge is -2.26. The van der Waals surface area contributed by atoms with Gasteiger partial charge in [-0.25, -0.2) is 0 Å². The van der Waals surface area contributed by atoms with Crippen molar-refractivity contribution in [2.24, 2.45) is 0 Å². The second kappa shape index (κ2) is 5.49. The molecule has 1 rings (SSSR count). The molecule has 0 fully saturated rings. The number of rotatable bonds is 5. The number of hydrogen-bond acceptors (Lipinski definition) is 1. The molecular formula is C15H24O. The van der Waals surface area contributed by atoms with E-state index in [1.165, 1.54) is 5.56 Å². The maximum atomic E-state index is 10.4. The summed E-state index contributed by atoms with van der Waals surface area (Å²) < 4.78 is 0. The van der Waals surface area contributed by atoms with Crippen LogP contribution in [0.1, 0.15) is 64.0 Å². The van der Waals surface area contributed by atoms with Gasteiger partial charge in [-0.05, 0) is 36.3 Å². The molecule has 1 unspecified atom stereocenters. The van der Waals surface area contributed by atoms with Crippen LogP contribution in [0.25, 0.3) is 0 Å². The standard InChI is InChI=1S/C15H24O/c1-5-12(4)13-8-10-14(11-9-13)15(16,6-2)7-3/h8-12,16H,5-7H2,1-4H3. The Bertz CT molecular complexity index is 309. The molecule has 16 heavy (non-hydrogen) atoms. The molecule has 0 aliphatic rings. The Morgan fingerprint density at radius 3 is 1.94 bits per heavy atom. The van der Waals surface area contributed by atoms with Crippen molar-refractivity contribution < 1.29 is 5.11 Å². The highest BCUT2D eigenvalue weighted by Gasteiger charge is 2.24. The minimum absolute atomic E-state index is 0.602. The molecule has 0 aliphatic carbocycles. The largest absolute Gasteiger partial charge is 0.385 e. The molecule has 0 amide bonds. The average Bonchev–Trinajstić information content (AvgIpc) is 2.37. The maximum Gasteiger partial charge on any atom is 0.0891 e. The fourth-order valence-electron chi connectivity index (χ4n) is 2.02. The molecule has 0 saturated heterocycles. The first kappa shape index (κ1) is 13.2. The van der Waals surface area contributed by atoms with Gasteiger partial charge >= 0.3 is 0 Å². The zero-order chi connectivity index (χ0) is 12.2. The first-order valence-electron chi connectivity index (χ1n) is 6.40. The first-order valence-corrected chi connectivity index (χ1v) is 6.40. The molecule has 1 nitrogen and oxygen atoms in total. The molecule has 1 N–H and O–H groups in total. The summed E-state index contributed by atoms with van der Waals surface area (Å²) in [5.41, 5.74) is 1.76. The van der Waals surface area contributed by atoms with Gasteiger partial charge in [0.25, 0.3) is 0 Å². The fourth-order valence-corrected chi connectivity index (χ4v) is 2.02. The van der Waals surface area contributed by atoms with Crippen molar-refractivity contribution in [2.75, 3.05) is 0 Å². The minimum atomic E-state index is -0.645. The lowest BCUT2D eigenvalue weighted by Crippen LogP contribution is -2.23. The summed E-state index contributed by atoms with van der Waals surface area (Å²) in [4.78, 5) is 0. The van der Waals surface area contributed by atoms with Gasteiger partial charge in [-0.15, -0.1) is 0 Å². The van der Waals surface area contributed by atoms with Crippen LogP contribution in [0.5, 0.6) is 0 Å². The quantitative estimate of drug-likeness (QED) is 0.788. The summed E-state index contributed by atoms with van der Waals surface area (Å²) in [5.74, 6) is 0.602. The predicted octanol–water partition coefficient (Wildman–Crippen LogP) is 4.21. The highest BCUT2D eigenvalue weighted by atomic mass is 16.3. The van der Waals surface area contributed by atoms with E-state index in [1.54, 1.807) is 0 Å². The monoisotopic (exact) mass is 220 g/mol. The van der Waals surface area contributed by atoms with Crippen molar-refractivity contribution in [1.29, 1.82) is 0 Å². The van der Waals surface area contributed by atoms with E-state index < -0.39 is 5.60 Å². The molecule has 90 valence electrons. The molecule has 0 aliphatic heterocycles. The van der Waals surface area contributed by atoms with Gasteiger partial charge in [-0.3, -0.25) is 0 Å². The van der Waals surface area contributed by atoms with E-state index in [-0.39, 0.29) is 0 Å². The average molecular weight is 220 g/mol. The van der Waals surface area contributed by atoms with Crippen LogP contribution in [0.4, 0.5) is 0 Å². The Hall–Kier alpha value is -0.820. The Kier molecular flexibility index (Phi) is 4.55. The van der Waals surface area contributed by atoms with Gasteiger partial charge in [0, 0.05) is 0 Å². The highest BCUT2D eigenvalue weighted by Crippen LogP contribution is 2.29. The zero-order valence-corrected chi connectivity index (χ0v) is 11.0. The SMILES string of the molecule is CCC(C)c1ccc(C(O)(CC)CC)cc1. The summed E-state index contributed by atoms with van der Waals surface area (Å²) >= 11 is 0.